The lowest BCUT2D eigenvalue weighted by Gasteiger charge is -2.18. The molecule has 0 spiro atoms. The van der Waals surface area contributed by atoms with E-state index in [-0.39, 0.29) is 18.0 Å². The molecule has 0 saturated heterocycles. The molecule has 0 radical (unpaired) electrons. The maximum atomic E-state index is 13.1. The number of aromatic nitrogens is 1. The second-order valence-electron chi connectivity index (χ2n) is 7.60. The number of rotatable bonds is 14. The summed E-state index contributed by atoms with van der Waals surface area (Å²) in [6.45, 7) is 14.3. The zero-order chi connectivity index (χ0) is 27.0. The van der Waals surface area contributed by atoms with Crippen molar-refractivity contribution in [3.63, 3.8) is 0 Å². The number of thiazole rings is 1. The van der Waals surface area contributed by atoms with E-state index in [1.54, 1.807) is 24.3 Å². The van der Waals surface area contributed by atoms with Gasteiger partial charge in [0.05, 0.1) is 34.9 Å². The molecule has 0 atom stereocenters. The fourth-order valence-corrected chi connectivity index (χ4v) is 5.90. The minimum atomic E-state index is -3.76. The molecule has 37 heavy (non-hydrogen) atoms. The van der Waals surface area contributed by atoms with Crippen LogP contribution in [-0.4, -0.2) is 56.5 Å². The zero-order valence-corrected chi connectivity index (χ0v) is 22.8. The van der Waals surface area contributed by atoms with Gasteiger partial charge in [-0.2, -0.15) is 4.31 Å². The standard InChI is InChI=1S/C26H31N3O6S2/c1-6-13-29(14-7-2)37(31,32)19-11-12-20-23(17-19)36-26(27-20)28-25(30)18-15-21(33-8-3)24(35-10-5)22(16-18)34-9-4/h6-7,11-12,15-17H,1-2,8-10,13-14H2,3-5H3,(H,27,28,30). The average molecular weight is 546 g/mol. The molecule has 0 aliphatic rings. The van der Waals surface area contributed by atoms with Gasteiger partial charge in [0.2, 0.25) is 15.8 Å². The minimum absolute atomic E-state index is 0.124. The summed E-state index contributed by atoms with van der Waals surface area (Å²) in [5.74, 6) is 0.838. The first-order valence-electron chi connectivity index (χ1n) is 11.8. The van der Waals surface area contributed by atoms with Crippen LogP contribution in [0.25, 0.3) is 10.2 Å². The number of nitrogens with zero attached hydrogens (tertiary/aromatic N) is 2. The molecule has 11 heteroatoms. The summed E-state index contributed by atoms with van der Waals surface area (Å²) in [5, 5.41) is 3.12. The molecular formula is C26H31N3O6S2. The summed E-state index contributed by atoms with van der Waals surface area (Å²) < 4.78 is 45.1. The topological polar surface area (TPSA) is 107 Å². The second kappa shape index (κ2) is 12.7. The van der Waals surface area contributed by atoms with Crippen molar-refractivity contribution in [1.29, 1.82) is 0 Å². The van der Waals surface area contributed by atoms with Gasteiger partial charge < -0.3 is 14.2 Å². The number of nitrogens with one attached hydrogen (secondary N) is 1. The van der Waals surface area contributed by atoms with Crippen LogP contribution < -0.4 is 19.5 Å². The molecule has 1 aromatic heterocycles. The van der Waals surface area contributed by atoms with Crippen molar-refractivity contribution in [2.75, 3.05) is 38.2 Å². The summed E-state index contributed by atoms with van der Waals surface area (Å²) in [7, 11) is -3.76. The van der Waals surface area contributed by atoms with E-state index in [4.69, 9.17) is 14.2 Å². The van der Waals surface area contributed by atoms with Crippen molar-refractivity contribution < 1.29 is 27.4 Å². The van der Waals surface area contributed by atoms with Crippen LogP contribution in [0.15, 0.2) is 60.5 Å². The molecule has 0 saturated carbocycles. The molecule has 198 valence electrons. The zero-order valence-electron chi connectivity index (χ0n) is 21.2. The Balaban J connectivity index is 1.92. The maximum absolute atomic E-state index is 13.1. The molecule has 3 rings (SSSR count). The molecule has 9 nitrogen and oxygen atoms in total. The van der Waals surface area contributed by atoms with Crippen LogP contribution in [0.1, 0.15) is 31.1 Å². The van der Waals surface area contributed by atoms with E-state index in [0.29, 0.717) is 58.0 Å². The summed E-state index contributed by atoms with van der Waals surface area (Å²) in [6.07, 6.45) is 3.05. The molecule has 0 unspecified atom stereocenters. The summed E-state index contributed by atoms with van der Waals surface area (Å²) in [4.78, 5) is 17.7. The molecule has 1 heterocycles. The van der Waals surface area contributed by atoms with Crippen LogP contribution in [0.3, 0.4) is 0 Å². The Kier molecular flexibility index (Phi) is 9.67. The van der Waals surface area contributed by atoms with Crippen molar-refractivity contribution in [3.8, 4) is 17.2 Å². The van der Waals surface area contributed by atoms with Crippen molar-refractivity contribution in [1.82, 2.24) is 9.29 Å². The van der Waals surface area contributed by atoms with Gasteiger partial charge in [0.15, 0.2) is 16.6 Å². The van der Waals surface area contributed by atoms with Crippen LogP contribution >= 0.6 is 11.3 Å². The fourth-order valence-electron chi connectivity index (χ4n) is 3.52. The summed E-state index contributed by atoms with van der Waals surface area (Å²) in [5.41, 5.74) is 0.873. The van der Waals surface area contributed by atoms with Crippen molar-refractivity contribution in [3.05, 3.63) is 61.2 Å². The van der Waals surface area contributed by atoms with Gasteiger partial charge in [-0.25, -0.2) is 13.4 Å². The van der Waals surface area contributed by atoms with Crippen molar-refractivity contribution >= 4 is 42.6 Å². The largest absolute Gasteiger partial charge is 0.490 e. The number of benzene rings is 2. The third kappa shape index (κ3) is 6.48. The van der Waals surface area contributed by atoms with E-state index in [1.165, 1.54) is 33.9 Å². The first-order chi connectivity index (χ1) is 17.8. The maximum Gasteiger partial charge on any atom is 0.257 e. The molecule has 0 fully saturated rings. The molecule has 2 aromatic carbocycles. The van der Waals surface area contributed by atoms with Gasteiger partial charge in [-0.15, -0.1) is 13.2 Å². The Morgan fingerprint density at radius 1 is 1.00 bits per heavy atom. The number of amides is 1. The van der Waals surface area contributed by atoms with Crippen molar-refractivity contribution in [2.45, 2.75) is 25.7 Å². The van der Waals surface area contributed by atoms with Crippen LogP contribution in [-0.2, 0) is 10.0 Å². The van der Waals surface area contributed by atoms with Gasteiger partial charge >= 0.3 is 0 Å². The van der Waals surface area contributed by atoms with Gasteiger partial charge in [0.1, 0.15) is 0 Å². The normalized spacial score (nSPS) is 11.4. The van der Waals surface area contributed by atoms with E-state index in [0.717, 1.165) is 0 Å². The van der Waals surface area contributed by atoms with Crippen LogP contribution in [0.4, 0.5) is 5.13 Å². The predicted molar refractivity (Wildman–Crippen MR) is 147 cm³/mol. The molecular weight excluding hydrogens is 514 g/mol. The first-order valence-corrected chi connectivity index (χ1v) is 14.0. The molecule has 1 amide bonds. The quantitative estimate of drug-likeness (QED) is 0.281. The van der Waals surface area contributed by atoms with Gasteiger partial charge in [-0.05, 0) is 51.1 Å². The number of carbonyl (C=O) groups is 1. The third-order valence-corrected chi connectivity index (χ3v) is 7.82. The smallest absolute Gasteiger partial charge is 0.257 e. The predicted octanol–water partition coefficient (Wildman–Crippen LogP) is 5.11. The van der Waals surface area contributed by atoms with E-state index in [2.05, 4.69) is 23.5 Å². The lowest BCUT2D eigenvalue weighted by Crippen LogP contribution is -2.31. The third-order valence-electron chi connectivity index (χ3n) is 5.05. The number of fused-ring (bicyclic) bond motifs is 1. The number of carbonyl (C=O) groups excluding carboxylic acids is 1. The van der Waals surface area contributed by atoms with E-state index in [9.17, 15) is 13.2 Å². The number of hydrogen-bond acceptors (Lipinski definition) is 8. The highest BCUT2D eigenvalue weighted by molar-refractivity contribution is 7.89. The Morgan fingerprint density at radius 3 is 2.14 bits per heavy atom. The highest BCUT2D eigenvalue weighted by Crippen LogP contribution is 2.39. The first kappa shape index (κ1) is 28.2. The number of sulfonamides is 1. The second-order valence-corrected chi connectivity index (χ2v) is 10.6. The molecule has 0 aliphatic carbocycles. The average Bonchev–Trinajstić information content (AvgIpc) is 3.27. The highest BCUT2D eigenvalue weighted by atomic mass is 32.2. The molecule has 0 aliphatic heterocycles. The number of hydrogen-bond donors (Lipinski definition) is 1. The molecule has 3 aromatic rings. The Hall–Kier alpha value is -3.41. The SMILES string of the molecule is C=CCN(CC=C)S(=O)(=O)c1ccc2nc(NC(=O)c3cc(OCC)c(OCC)c(OCC)c3)sc2c1. The molecule has 1 N–H and O–H groups in total. The summed E-state index contributed by atoms with van der Waals surface area (Å²) >= 11 is 1.18. The Bertz CT molecular complexity index is 1350. The van der Waals surface area contributed by atoms with Crippen molar-refractivity contribution in [2.24, 2.45) is 0 Å². The number of ether oxygens (including phenoxy) is 3. The van der Waals surface area contributed by atoms with Gasteiger partial charge in [-0.1, -0.05) is 23.5 Å². The van der Waals surface area contributed by atoms with E-state index >= 15 is 0 Å². The Labute approximate surface area is 221 Å². The molecule has 0 bridgehead atoms. The lowest BCUT2D eigenvalue weighted by atomic mass is 10.1. The van der Waals surface area contributed by atoms with Gasteiger partial charge in [-0.3, -0.25) is 10.1 Å². The lowest BCUT2D eigenvalue weighted by molar-refractivity contribution is 0.102. The minimum Gasteiger partial charge on any atom is -0.490 e. The monoisotopic (exact) mass is 545 g/mol. The van der Waals surface area contributed by atoms with Crippen LogP contribution in [0.5, 0.6) is 17.2 Å². The van der Waals surface area contributed by atoms with E-state index < -0.39 is 15.9 Å². The van der Waals surface area contributed by atoms with E-state index in [1.807, 2.05) is 20.8 Å². The van der Waals surface area contributed by atoms with Gasteiger partial charge in [0, 0.05) is 18.7 Å². The van der Waals surface area contributed by atoms with Gasteiger partial charge in [0.25, 0.3) is 5.91 Å². The Morgan fingerprint density at radius 2 is 1.59 bits per heavy atom. The van der Waals surface area contributed by atoms with Crippen LogP contribution in [0.2, 0.25) is 0 Å². The highest BCUT2D eigenvalue weighted by Gasteiger charge is 2.24. The summed E-state index contributed by atoms with van der Waals surface area (Å²) in [6, 6.07) is 7.85. The number of anilines is 1. The fraction of sp³-hybridized carbons (Fsp3) is 0.308. The van der Waals surface area contributed by atoms with Crippen LogP contribution in [0, 0.1) is 0 Å².